The number of ether oxygens (including phenoxy) is 1. The number of amides is 1. The average Bonchev–Trinajstić information content (AvgIpc) is 2.87. The fourth-order valence-electron chi connectivity index (χ4n) is 2.29. The number of likely N-dealkylation sites (tertiary alicyclic amines) is 1. The van der Waals surface area contributed by atoms with Gasteiger partial charge in [0.05, 0.1) is 19.0 Å². The van der Waals surface area contributed by atoms with Crippen molar-refractivity contribution in [2.45, 2.75) is 33.2 Å². The van der Waals surface area contributed by atoms with E-state index in [0.29, 0.717) is 18.3 Å². The number of rotatable bonds is 5. The van der Waals surface area contributed by atoms with Gasteiger partial charge in [-0.2, -0.15) is 4.98 Å². The Bertz CT molecular complexity index is 464. The molecule has 6 nitrogen and oxygen atoms in total. The SMILES string of the molecule is CCOc1cncc(NC2CCN(C(=O)C(C)C)C2)n1. The van der Waals surface area contributed by atoms with Crippen LogP contribution in [-0.2, 0) is 4.79 Å². The lowest BCUT2D eigenvalue weighted by atomic mass is 10.2. The Morgan fingerprint density at radius 3 is 3.05 bits per heavy atom. The van der Waals surface area contributed by atoms with E-state index in [0.717, 1.165) is 19.5 Å². The molecule has 1 aliphatic heterocycles. The summed E-state index contributed by atoms with van der Waals surface area (Å²) in [6.45, 7) is 7.86. The molecule has 20 heavy (non-hydrogen) atoms. The minimum absolute atomic E-state index is 0.0508. The van der Waals surface area contributed by atoms with Crippen molar-refractivity contribution < 1.29 is 9.53 Å². The molecule has 0 radical (unpaired) electrons. The fourth-order valence-corrected chi connectivity index (χ4v) is 2.29. The highest BCUT2D eigenvalue weighted by Gasteiger charge is 2.27. The molecule has 110 valence electrons. The monoisotopic (exact) mass is 278 g/mol. The van der Waals surface area contributed by atoms with Crippen molar-refractivity contribution in [2.24, 2.45) is 5.92 Å². The van der Waals surface area contributed by atoms with Crippen molar-refractivity contribution in [3.05, 3.63) is 12.4 Å². The Morgan fingerprint density at radius 1 is 1.55 bits per heavy atom. The van der Waals surface area contributed by atoms with Crippen molar-refractivity contribution in [2.75, 3.05) is 25.0 Å². The van der Waals surface area contributed by atoms with Gasteiger partial charge in [-0.3, -0.25) is 9.78 Å². The number of carbonyl (C=O) groups excluding carboxylic acids is 1. The van der Waals surface area contributed by atoms with Crippen LogP contribution in [0.1, 0.15) is 27.2 Å². The van der Waals surface area contributed by atoms with Gasteiger partial charge in [0.2, 0.25) is 11.8 Å². The summed E-state index contributed by atoms with van der Waals surface area (Å²) >= 11 is 0. The number of nitrogens with one attached hydrogen (secondary N) is 1. The van der Waals surface area contributed by atoms with Gasteiger partial charge in [0, 0.05) is 25.0 Å². The molecule has 2 rings (SSSR count). The average molecular weight is 278 g/mol. The maximum absolute atomic E-state index is 11.9. The minimum atomic E-state index is 0.0508. The molecular formula is C14H22N4O2. The van der Waals surface area contributed by atoms with Crippen molar-refractivity contribution in [3.63, 3.8) is 0 Å². The Morgan fingerprint density at radius 2 is 2.35 bits per heavy atom. The van der Waals surface area contributed by atoms with Crippen LogP contribution in [0, 0.1) is 5.92 Å². The molecular weight excluding hydrogens is 256 g/mol. The van der Waals surface area contributed by atoms with E-state index in [2.05, 4.69) is 15.3 Å². The van der Waals surface area contributed by atoms with Crippen LogP contribution in [0.5, 0.6) is 5.88 Å². The van der Waals surface area contributed by atoms with E-state index in [-0.39, 0.29) is 17.9 Å². The summed E-state index contributed by atoms with van der Waals surface area (Å²) in [5, 5.41) is 3.32. The molecule has 6 heteroatoms. The summed E-state index contributed by atoms with van der Waals surface area (Å²) in [6.07, 6.45) is 4.20. The smallest absolute Gasteiger partial charge is 0.234 e. The number of hydrogen-bond acceptors (Lipinski definition) is 5. The van der Waals surface area contributed by atoms with Crippen LogP contribution in [0.15, 0.2) is 12.4 Å². The molecule has 0 saturated carbocycles. The highest BCUT2D eigenvalue weighted by Crippen LogP contribution is 2.17. The summed E-state index contributed by atoms with van der Waals surface area (Å²) in [5.74, 6) is 1.48. The van der Waals surface area contributed by atoms with E-state index in [1.54, 1.807) is 12.4 Å². The predicted molar refractivity (Wildman–Crippen MR) is 76.6 cm³/mol. The standard InChI is InChI=1S/C14H22N4O2/c1-4-20-13-8-15-7-12(17-13)16-11-5-6-18(9-11)14(19)10(2)3/h7-8,10-11H,4-6,9H2,1-3H3,(H,16,17). The van der Waals surface area contributed by atoms with Gasteiger partial charge in [-0.15, -0.1) is 0 Å². The lowest BCUT2D eigenvalue weighted by Gasteiger charge is -2.19. The van der Waals surface area contributed by atoms with Crippen molar-refractivity contribution >= 4 is 11.7 Å². The molecule has 0 aliphatic carbocycles. The number of anilines is 1. The van der Waals surface area contributed by atoms with Crippen LogP contribution in [0.4, 0.5) is 5.82 Å². The summed E-state index contributed by atoms with van der Waals surface area (Å²) < 4.78 is 5.32. The molecule has 1 fully saturated rings. The molecule has 1 aromatic rings. The number of carbonyl (C=O) groups is 1. The van der Waals surface area contributed by atoms with Gasteiger partial charge < -0.3 is 15.0 Å². The van der Waals surface area contributed by atoms with Crippen LogP contribution in [0.3, 0.4) is 0 Å². The molecule has 2 heterocycles. The highest BCUT2D eigenvalue weighted by molar-refractivity contribution is 5.78. The van der Waals surface area contributed by atoms with Crippen LogP contribution in [-0.4, -0.2) is 46.5 Å². The second-order valence-electron chi connectivity index (χ2n) is 5.24. The van der Waals surface area contributed by atoms with Crippen molar-refractivity contribution in [1.82, 2.24) is 14.9 Å². The van der Waals surface area contributed by atoms with E-state index >= 15 is 0 Å². The molecule has 1 N–H and O–H groups in total. The van der Waals surface area contributed by atoms with Gasteiger partial charge in [-0.25, -0.2) is 0 Å². The van der Waals surface area contributed by atoms with Crippen LogP contribution >= 0.6 is 0 Å². The van der Waals surface area contributed by atoms with E-state index in [4.69, 9.17) is 4.74 Å². The maximum atomic E-state index is 11.9. The van der Waals surface area contributed by atoms with Crippen LogP contribution in [0.2, 0.25) is 0 Å². The van der Waals surface area contributed by atoms with Crippen molar-refractivity contribution in [3.8, 4) is 5.88 Å². The normalized spacial score (nSPS) is 18.4. The Hall–Kier alpha value is -1.85. The molecule has 0 spiro atoms. The lowest BCUT2D eigenvalue weighted by Crippen LogP contribution is -2.34. The second-order valence-corrected chi connectivity index (χ2v) is 5.24. The molecule has 0 bridgehead atoms. The van der Waals surface area contributed by atoms with Gasteiger partial charge in [0.15, 0.2) is 0 Å². The molecule has 1 unspecified atom stereocenters. The highest BCUT2D eigenvalue weighted by atomic mass is 16.5. The zero-order valence-electron chi connectivity index (χ0n) is 12.3. The number of hydrogen-bond donors (Lipinski definition) is 1. The van der Waals surface area contributed by atoms with E-state index in [1.165, 1.54) is 0 Å². The van der Waals surface area contributed by atoms with Crippen molar-refractivity contribution in [1.29, 1.82) is 0 Å². The Labute approximate surface area is 119 Å². The van der Waals surface area contributed by atoms with Gasteiger partial charge in [0.1, 0.15) is 5.82 Å². The summed E-state index contributed by atoms with van der Waals surface area (Å²) in [4.78, 5) is 22.3. The first-order valence-electron chi connectivity index (χ1n) is 7.10. The zero-order chi connectivity index (χ0) is 14.5. The van der Waals surface area contributed by atoms with Gasteiger partial charge in [0.25, 0.3) is 0 Å². The first-order valence-corrected chi connectivity index (χ1v) is 7.10. The quantitative estimate of drug-likeness (QED) is 0.885. The summed E-state index contributed by atoms with van der Waals surface area (Å²) in [7, 11) is 0. The first-order chi connectivity index (χ1) is 9.60. The second kappa shape index (κ2) is 6.54. The Balaban J connectivity index is 1.92. The third-order valence-electron chi connectivity index (χ3n) is 3.25. The predicted octanol–water partition coefficient (Wildman–Crippen LogP) is 1.54. The molecule has 1 saturated heterocycles. The van der Waals surface area contributed by atoms with Gasteiger partial charge >= 0.3 is 0 Å². The lowest BCUT2D eigenvalue weighted by molar-refractivity contribution is -0.133. The molecule has 1 atom stereocenters. The number of nitrogens with zero attached hydrogens (tertiary/aromatic N) is 3. The van der Waals surface area contributed by atoms with Gasteiger partial charge in [-0.05, 0) is 13.3 Å². The van der Waals surface area contributed by atoms with E-state index < -0.39 is 0 Å². The third-order valence-corrected chi connectivity index (χ3v) is 3.25. The largest absolute Gasteiger partial charge is 0.477 e. The van der Waals surface area contributed by atoms with E-state index in [1.807, 2.05) is 25.7 Å². The Kier molecular flexibility index (Phi) is 4.76. The van der Waals surface area contributed by atoms with Gasteiger partial charge in [-0.1, -0.05) is 13.8 Å². The fraction of sp³-hybridized carbons (Fsp3) is 0.643. The van der Waals surface area contributed by atoms with Crippen LogP contribution < -0.4 is 10.1 Å². The third kappa shape index (κ3) is 3.59. The number of aromatic nitrogens is 2. The summed E-state index contributed by atoms with van der Waals surface area (Å²) in [6, 6.07) is 0.226. The zero-order valence-corrected chi connectivity index (χ0v) is 12.3. The summed E-state index contributed by atoms with van der Waals surface area (Å²) in [5.41, 5.74) is 0. The topological polar surface area (TPSA) is 67.3 Å². The minimum Gasteiger partial charge on any atom is -0.477 e. The molecule has 1 aliphatic rings. The molecule has 1 aromatic heterocycles. The molecule has 1 amide bonds. The van der Waals surface area contributed by atoms with Crippen LogP contribution in [0.25, 0.3) is 0 Å². The van der Waals surface area contributed by atoms with E-state index in [9.17, 15) is 4.79 Å². The maximum Gasteiger partial charge on any atom is 0.234 e. The molecule has 0 aromatic carbocycles. The first kappa shape index (κ1) is 14.6.